The van der Waals surface area contributed by atoms with Crippen LogP contribution in [0.3, 0.4) is 0 Å². The monoisotopic (exact) mass is 209 g/mol. The summed E-state index contributed by atoms with van der Waals surface area (Å²) >= 11 is 3.53. The van der Waals surface area contributed by atoms with Gasteiger partial charge in [-0.25, -0.2) is 0 Å². The Labute approximate surface area is 90.1 Å². The van der Waals surface area contributed by atoms with Crippen LogP contribution in [-0.4, -0.2) is 12.2 Å². The highest BCUT2D eigenvalue weighted by Crippen LogP contribution is 2.22. The number of hydrogen-bond acceptors (Lipinski definition) is 2. The number of rotatable bonds is 0. The Bertz CT molecular complexity index is 336. The number of anilines is 1. The van der Waals surface area contributed by atoms with Crippen molar-refractivity contribution in [1.29, 1.82) is 0 Å². The first-order valence-electron chi connectivity index (χ1n) is 4.60. The summed E-state index contributed by atoms with van der Waals surface area (Å²) in [6, 6.07) is 6.13. The predicted molar refractivity (Wildman–Crippen MR) is 63.0 cm³/mol. The van der Waals surface area contributed by atoms with Crippen LogP contribution in [0.25, 0.3) is 0 Å². The van der Waals surface area contributed by atoms with Gasteiger partial charge in [0.15, 0.2) is 0 Å². The Morgan fingerprint density at radius 2 is 2.00 bits per heavy atom. The molecule has 1 aliphatic heterocycles. The number of benzene rings is 1. The van der Waals surface area contributed by atoms with Gasteiger partial charge in [-0.1, -0.05) is 17.7 Å². The molecule has 0 radical (unpaired) electrons. The van der Waals surface area contributed by atoms with Gasteiger partial charge in [0.2, 0.25) is 5.91 Å². The Hall–Kier alpha value is -0.960. The number of amides is 1. The van der Waals surface area contributed by atoms with Crippen molar-refractivity contribution in [3.05, 3.63) is 29.3 Å². The van der Waals surface area contributed by atoms with Gasteiger partial charge in [-0.3, -0.25) is 4.79 Å². The van der Waals surface area contributed by atoms with Crippen LogP contribution in [0.4, 0.5) is 5.69 Å². The lowest BCUT2D eigenvalue weighted by molar-refractivity contribution is -0.116. The summed E-state index contributed by atoms with van der Waals surface area (Å²) in [5, 5.41) is 2.85. The van der Waals surface area contributed by atoms with E-state index in [2.05, 4.69) is 30.9 Å². The molecule has 1 amide bonds. The van der Waals surface area contributed by atoms with Crippen molar-refractivity contribution in [2.45, 2.75) is 19.8 Å². The molecule has 1 heterocycles. The third-order valence-electron chi connectivity index (χ3n) is 2.16. The quantitative estimate of drug-likeness (QED) is 0.631. The van der Waals surface area contributed by atoms with Crippen molar-refractivity contribution in [2.24, 2.45) is 0 Å². The zero-order valence-corrected chi connectivity index (χ0v) is 9.40. The highest BCUT2D eigenvalue weighted by Gasteiger charge is 2.13. The molecule has 0 spiro atoms. The lowest BCUT2D eigenvalue weighted by Crippen LogP contribution is -2.18. The van der Waals surface area contributed by atoms with Crippen LogP contribution < -0.4 is 5.32 Å². The molecule has 0 bridgehead atoms. The van der Waals surface area contributed by atoms with Crippen LogP contribution in [0.1, 0.15) is 17.5 Å². The van der Waals surface area contributed by atoms with E-state index in [1.807, 2.05) is 12.1 Å². The van der Waals surface area contributed by atoms with Crippen LogP contribution >= 0.6 is 12.6 Å². The van der Waals surface area contributed by atoms with Gasteiger partial charge in [-0.15, -0.1) is 0 Å². The summed E-state index contributed by atoms with van der Waals surface area (Å²) in [4.78, 5) is 11.0. The summed E-state index contributed by atoms with van der Waals surface area (Å²) in [7, 11) is 0. The normalized spacial score (nSPS) is 13.5. The van der Waals surface area contributed by atoms with Gasteiger partial charge in [0.1, 0.15) is 0 Å². The first-order chi connectivity index (χ1) is 6.75. The third-order valence-corrected chi connectivity index (χ3v) is 2.16. The van der Waals surface area contributed by atoms with Gasteiger partial charge in [-0.2, -0.15) is 12.6 Å². The van der Waals surface area contributed by atoms with Crippen molar-refractivity contribution in [3.63, 3.8) is 0 Å². The molecular weight excluding hydrogens is 194 g/mol. The van der Waals surface area contributed by atoms with E-state index < -0.39 is 0 Å². The average Bonchev–Trinajstić information content (AvgIpc) is 2.21. The zero-order chi connectivity index (χ0) is 10.6. The largest absolute Gasteiger partial charge is 0.326 e. The second kappa shape index (κ2) is 5.05. The molecule has 76 valence electrons. The lowest BCUT2D eigenvalue weighted by atomic mass is 10.0. The highest BCUT2D eigenvalue weighted by atomic mass is 32.1. The molecule has 2 rings (SSSR count). The Morgan fingerprint density at radius 3 is 2.71 bits per heavy atom. The number of carbonyl (C=O) groups excluding carboxylic acids is 1. The molecule has 0 aromatic heterocycles. The number of aryl methyl sites for hydroxylation is 2. The number of carbonyl (C=O) groups is 1. The molecule has 0 atom stereocenters. The fourth-order valence-corrected chi connectivity index (χ4v) is 1.51. The number of thiol groups is 1. The van der Waals surface area contributed by atoms with Gasteiger partial charge < -0.3 is 5.32 Å². The maximum absolute atomic E-state index is 11.0. The summed E-state index contributed by atoms with van der Waals surface area (Å²) in [5.74, 6) is 0.131. The summed E-state index contributed by atoms with van der Waals surface area (Å²) in [6.45, 7) is 2.07. The molecule has 3 heteroatoms. The Morgan fingerprint density at radius 1 is 1.29 bits per heavy atom. The zero-order valence-electron chi connectivity index (χ0n) is 8.50. The van der Waals surface area contributed by atoms with Crippen molar-refractivity contribution >= 4 is 24.2 Å². The molecule has 1 aliphatic rings. The number of fused-ring (bicyclic) bond motifs is 1. The molecule has 0 saturated heterocycles. The van der Waals surface area contributed by atoms with E-state index >= 15 is 0 Å². The van der Waals surface area contributed by atoms with Gasteiger partial charge in [0, 0.05) is 12.1 Å². The third kappa shape index (κ3) is 2.51. The Balaban J connectivity index is 0.000000461. The van der Waals surface area contributed by atoms with Gasteiger partial charge >= 0.3 is 0 Å². The first-order valence-corrected chi connectivity index (χ1v) is 5.49. The predicted octanol–water partition coefficient (Wildman–Crippen LogP) is 2.43. The lowest BCUT2D eigenvalue weighted by Gasteiger charge is -2.16. The maximum atomic E-state index is 11.0. The summed E-state index contributed by atoms with van der Waals surface area (Å²) < 4.78 is 0. The van der Waals surface area contributed by atoms with E-state index in [0.29, 0.717) is 6.42 Å². The maximum Gasteiger partial charge on any atom is 0.224 e. The summed E-state index contributed by atoms with van der Waals surface area (Å²) in [6.07, 6.45) is 3.19. The van der Waals surface area contributed by atoms with E-state index in [0.717, 1.165) is 12.1 Å². The fraction of sp³-hybridized carbons (Fsp3) is 0.364. The van der Waals surface area contributed by atoms with E-state index in [9.17, 15) is 4.79 Å². The SMILES string of the molecule is CS.Cc1ccc2c(c1)CCC(=O)N2. The van der Waals surface area contributed by atoms with Crippen molar-refractivity contribution < 1.29 is 4.79 Å². The van der Waals surface area contributed by atoms with Crippen molar-refractivity contribution in [1.82, 2.24) is 0 Å². The molecule has 1 N–H and O–H groups in total. The smallest absolute Gasteiger partial charge is 0.224 e. The minimum atomic E-state index is 0.131. The van der Waals surface area contributed by atoms with Gasteiger partial charge in [-0.05, 0) is 31.2 Å². The van der Waals surface area contributed by atoms with Crippen molar-refractivity contribution in [2.75, 3.05) is 11.6 Å². The average molecular weight is 209 g/mol. The van der Waals surface area contributed by atoms with E-state index in [4.69, 9.17) is 0 Å². The summed E-state index contributed by atoms with van der Waals surface area (Å²) in [5.41, 5.74) is 3.50. The van der Waals surface area contributed by atoms with Crippen LogP contribution in [0.2, 0.25) is 0 Å². The molecule has 1 aromatic carbocycles. The van der Waals surface area contributed by atoms with Gasteiger partial charge in [0.05, 0.1) is 0 Å². The van der Waals surface area contributed by atoms with Crippen LogP contribution in [0, 0.1) is 6.92 Å². The second-order valence-electron chi connectivity index (χ2n) is 3.21. The molecule has 1 aromatic rings. The molecule has 2 nitrogen and oxygen atoms in total. The topological polar surface area (TPSA) is 29.1 Å². The molecule has 0 aliphatic carbocycles. The first kappa shape index (κ1) is 11.1. The minimum Gasteiger partial charge on any atom is -0.326 e. The molecule has 0 saturated carbocycles. The van der Waals surface area contributed by atoms with Gasteiger partial charge in [0.25, 0.3) is 0 Å². The van der Waals surface area contributed by atoms with Crippen LogP contribution in [0.15, 0.2) is 18.2 Å². The molecule has 0 unspecified atom stereocenters. The second-order valence-corrected chi connectivity index (χ2v) is 3.21. The molecular formula is C11H15NOS. The minimum absolute atomic E-state index is 0.131. The Kier molecular flexibility index (Phi) is 4.01. The van der Waals surface area contributed by atoms with Crippen LogP contribution in [-0.2, 0) is 11.2 Å². The number of nitrogens with one attached hydrogen (secondary N) is 1. The number of hydrogen-bond donors (Lipinski definition) is 2. The standard InChI is InChI=1S/C10H11NO.CH4S/c1-7-2-4-9-8(6-7)3-5-10(12)11-9;1-2/h2,4,6H,3,5H2,1H3,(H,11,12);2H,1H3. The molecule has 14 heavy (non-hydrogen) atoms. The van der Waals surface area contributed by atoms with E-state index in [1.54, 1.807) is 6.26 Å². The fourth-order valence-electron chi connectivity index (χ4n) is 1.51. The van der Waals surface area contributed by atoms with Crippen LogP contribution in [0.5, 0.6) is 0 Å². The highest BCUT2D eigenvalue weighted by molar-refractivity contribution is 7.79. The van der Waals surface area contributed by atoms with E-state index in [1.165, 1.54) is 11.1 Å². The van der Waals surface area contributed by atoms with E-state index in [-0.39, 0.29) is 5.91 Å². The van der Waals surface area contributed by atoms with Crippen molar-refractivity contribution in [3.8, 4) is 0 Å². The molecule has 0 fully saturated rings.